The summed E-state index contributed by atoms with van der Waals surface area (Å²) >= 11 is 3.54. The molecule has 3 aromatic carbocycles. The van der Waals surface area contributed by atoms with Gasteiger partial charge in [-0.2, -0.15) is 0 Å². The Labute approximate surface area is 224 Å². The molecule has 1 atom stereocenters. The number of urea groups is 1. The highest BCUT2D eigenvalue weighted by atomic mass is 79.9. The quantitative estimate of drug-likeness (QED) is 0.238. The van der Waals surface area contributed by atoms with Crippen LogP contribution in [0, 0.1) is 0 Å². The molecular weight excluding hydrogens is 514 g/mol. The molecule has 0 aromatic heterocycles. The third-order valence-corrected chi connectivity index (χ3v) is 7.12. The van der Waals surface area contributed by atoms with E-state index in [2.05, 4.69) is 59.1 Å². The summed E-state index contributed by atoms with van der Waals surface area (Å²) < 4.78 is 6.80. The molecule has 2 amide bonds. The molecule has 5 nitrogen and oxygen atoms in total. The first-order chi connectivity index (χ1) is 17.5. The number of benzene rings is 3. The molecule has 192 valence electrons. The third-order valence-electron chi connectivity index (χ3n) is 6.42. The van der Waals surface area contributed by atoms with Crippen LogP contribution in [0.3, 0.4) is 0 Å². The van der Waals surface area contributed by atoms with Crippen LogP contribution in [0.15, 0.2) is 83.3 Å². The Bertz CT molecular complexity index is 1060. The van der Waals surface area contributed by atoms with E-state index in [4.69, 9.17) is 4.74 Å². The Kier molecular flexibility index (Phi) is 11.3. The van der Waals surface area contributed by atoms with Gasteiger partial charge in [-0.1, -0.05) is 68.4 Å². The van der Waals surface area contributed by atoms with E-state index in [0.717, 1.165) is 59.5 Å². The van der Waals surface area contributed by atoms with E-state index in [1.807, 2.05) is 71.6 Å². The number of para-hydroxylation sites is 1. The Balaban J connectivity index is 1.66. The lowest BCUT2D eigenvalue weighted by Crippen LogP contribution is -2.41. The Morgan fingerprint density at radius 1 is 0.917 bits per heavy atom. The molecule has 0 aliphatic heterocycles. The predicted molar refractivity (Wildman–Crippen MR) is 152 cm³/mol. The highest BCUT2D eigenvalue weighted by Crippen LogP contribution is 2.23. The molecule has 1 N–H and O–H groups in total. The third kappa shape index (κ3) is 8.68. The van der Waals surface area contributed by atoms with Crippen LogP contribution in [0.4, 0.5) is 10.5 Å². The molecular formula is C30H38BrN3O2. The molecule has 0 aliphatic carbocycles. The first-order valence-corrected chi connectivity index (χ1v) is 13.6. The molecule has 3 aromatic rings. The molecule has 0 radical (unpaired) electrons. The molecule has 0 aliphatic rings. The SMILES string of the molecule is CCN(CC)CCCC(C)N(Cc1ccc(OCc2ccccc2)cc1)C(=O)Nc1ccccc1Br. The molecule has 0 saturated heterocycles. The highest BCUT2D eigenvalue weighted by molar-refractivity contribution is 9.10. The first-order valence-electron chi connectivity index (χ1n) is 12.8. The number of carbonyl (C=O) groups is 1. The molecule has 6 heteroatoms. The van der Waals surface area contributed by atoms with Crippen LogP contribution in [-0.2, 0) is 13.2 Å². The second-order valence-corrected chi connectivity index (χ2v) is 9.83. The van der Waals surface area contributed by atoms with Gasteiger partial charge in [-0.05, 0) is 90.7 Å². The fourth-order valence-corrected chi connectivity index (χ4v) is 4.50. The minimum Gasteiger partial charge on any atom is -0.489 e. The monoisotopic (exact) mass is 551 g/mol. The van der Waals surface area contributed by atoms with Crippen molar-refractivity contribution in [3.63, 3.8) is 0 Å². The van der Waals surface area contributed by atoms with E-state index in [0.29, 0.717) is 13.2 Å². The standard InChI is InChI=1S/C30H38BrN3O2/c1-4-33(5-2)21-11-12-24(3)34(30(35)32-29-16-10-9-15-28(29)31)22-25-17-19-27(20-18-25)36-23-26-13-7-6-8-14-26/h6-10,13-20,24H,4-5,11-12,21-23H2,1-3H3,(H,32,35). The van der Waals surface area contributed by atoms with E-state index >= 15 is 0 Å². The molecule has 36 heavy (non-hydrogen) atoms. The van der Waals surface area contributed by atoms with E-state index in [9.17, 15) is 4.79 Å². The van der Waals surface area contributed by atoms with Gasteiger partial charge in [0.25, 0.3) is 0 Å². The van der Waals surface area contributed by atoms with Gasteiger partial charge in [0.2, 0.25) is 0 Å². The number of amides is 2. The molecule has 0 fully saturated rings. The number of rotatable bonds is 13. The van der Waals surface area contributed by atoms with Gasteiger partial charge in [-0.3, -0.25) is 0 Å². The second-order valence-electron chi connectivity index (χ2n) is 8.97. The smallest absolute Gasteiger partial charge is 0.322 e. The van der Waals surface area contributed by atoms with Crippen molar-refractivity contribution in [1.29, 1.82) is 0 Å². The number of hydrogen-bond donors (Lipinski definition) is 1. The maximum atomic E-state index is 13.4. The zero-order chi connectivity index (χ0) is 25.8. The maximum absolute atomic E-state index is 13.4. The van der Waals surface area contributed by atoms with Crippen LogP contribution < -0.4 is 10.1 Å². The van der Waals surface area contributed by atoms with E-state index in [1.54, 1.807) is 0 Å². The van der Waals surface area contributed by atoms with Crippen molar-refractivity contribution in [3.8, 4) is 5.75 Å². The van der Waals surface area contributed by atoms with Crippen molar-refractivity contribution in [1.82, 2.24) is 9.80 Å². The summed E-state index contributed by atoms with van der Waals surface area (Å²) in [6.07, 6.45) is 1.99. The van der Waals surface area contributed by atoms with E-state index < -0.39 is 0 Å². The van der Waals surface area contributed by atoms with E-state index in [1.165, 1.54) is 0 Å². The maximum Gasteiger partial charge on any atom is 0.322 e. The van der Waals surface area contributed by atoms with Crippen LogP contribution >= 0.6 is 15.9 Å². The number of ether oxygens (including phenoxy) is 1. The van der Waals surface area contributed by atoms with Gasteiger partial charge >= 0.3 is 6.03 Å². The average molecular weight is 553 g/mol. The average Bonchev–Trinajstić information content (AvgIpc) is 2.91. The molecule has 3 rings (SSSR count). The van der Waals surface area contributed by atoms with Crippen LogP contribution in [-0.4, -0.2) is 41.5 Å². The number of anilines is 1. The number of nitrogens with one attached hydrogen (secondary N) is 1. The molecule has 0 saturated carbocycles. The lowest BCUT2D eigenvalue weighted by atomic mass is 10.1. The highest BCUT2D eigenvalue weighted by Gasteiger charge is 2.21. The minimum atomic E-state index is -0.0957. The normalized spacial score (nSPS) is 11.8. The predicted octanol–water partition coefficient (Wildman–Crippen LogP) is 7.57. The minimum absolute atomic E-state index is 0.0945. The fourth-order valence-electron chi connectivity index (χ4n) is 4.11. The number of carbonyl (C=O) groups excluding carboxylic acids is 1. The molecule has 0 heterocycles. The zero-order valence-corrected chi connectivity index (χ0v) is 23.2. The van der Waals surface area contributed by atoms with Crippen LogP contribution in [0.25, 0.3) is 0 Å². The largest absolute Gasteiger partial charge is 0.489 e. The van der Waals surface area contributed by atoms with Gasteiger partial charge in [0.1, 0.15) is 12.4 Å². The number of hydrogen-bond acceptors (Lipinski definition) is 3. The van der Waals surface area contributed by atoms with Crippen molar-refractivity contribution < 1.29 is 9.53 Å². The summed E-state index contributed by atoms with van der Waals surface area (Å²) in [5.74, 6) is 0.819. The van der Waals surface area contributed by atoms with Crippen molar-refractivity contribution >= 4 is 27.6 Å². The van der Waals surface area contributed by atoms with Crippen molar-refractivity contribution in [2.45, 2.75) is 52.8 Å². The van der Waals surface area contributed by atoms with Gasteiger partial charge in [-0.15, -0.1) is 0 Å². The lowest BCUT2D eigenvalue weighted by molar-refractivity contribution is 0.180. The van der Waals surface area contributed by atoms with Gasteiger partial charge < -0.3 is 19.9 Å². The molecule has 1 unspecified atom stereocenters. The van der Waals surface area contributed by atoms with Crippen molar-refractivity contribution in [2.24, 2.45) is 0 Å². The van der Waals surface area contributed by atoms with Crippen LogP contribution in [0.2, 0.25) is 0 Å². The summed E-state index contributed by atoms with van der Waals surface area (Å²) in [4.78, 5) is 17.8. The van der Waals surface area contributed by atoms with Crippen LogP contribution in [0.5, 0.6) is 5.75 Å². The van der Waals surface area contributed by atoms with Crippen molar-refractivity contribution in [2.75, 3.05) is 25.0 Å². The van der Waals surface area contributed by atoms with Gasteiger partial charge in [-0.25, -0.2) is 4.79 Å². The summed E-state index contributed by atoms with van der Waals surface area (Å²) in [5, 5.41) is 3.09. The number of halogens is 1. The Morgan fingerprint density at radius 3 is 2.25 bits per heavy atom. The van der Waals surface area contributed by atoms with E-state index in [-0.39, 0.29) is 12.1 Å². The fraction of sp³-hybridized carbons (Fsp3) is 0.367. The van der Waals surface area contributed by atoms with Gasteiger partial charge in [0, 0.05) is 17.1 Å². The summed E-state index contributed by atoms with van der Waals surface area (Å²) in [7, 11) is 0. The first kappa shape index (κ1) is 27.8. The number of nitrogens with zero attached hydrogens (tertiary/aromatic N) is 2. The van der Waals surface area contributed by atoms with Gasteiger partial charge in [0.05, 0.1) is 5.69 Å². The summed E-state index contributed by atoms with van der Waals surface area (Å²) in [6.45, 7) is 10.7. The van der Waals surface area contributed by atoms with Gasteiger partial charge in [0.15, 0.2) is 0 Å². The van der Waals surface area contributed by atoms with Crippen LogP contribution in [0.1, 0.15) is 44.7 Å². The summed E-state index contributed by atoms with van der Waals surface area (Å²) in [6, 6.07) is 25.9. The summed E-state index contributed by atoms with van der Waals surface area (Å²) in [5.41, 5.74) is 2.97. The van der Waals surface area contributed by atoms with Crippen molar-refractivity contribution in [3.05, 3.63) is 94.5 Å². The molecule has 0 spiro atoms. The Hall–Kier alpha value is -2.83. The second kappa shape index (κ2) is 14.7. The lowest BCUT2D eigenvalue weighted by Gasteiger charge is -2.30. The topological polar surface area (TPSA) is 44.8 Å². The molecule has 0 bridgehead atoms. The zero-order valence-electron chi connectivity index (χ0n) is 21.6. The Morgan fingerprint density at radius 2 is 1.58 bits per heavy atom.